The van der Waals surface area contributed by atoms with Crippen LogP contribution >= 0.6 is 15.9 Å². The highest BCUT2D eigenvalue weighted by Crippen LogP contribution is 2.32. The molecular formula is C14H13BrN2O3. The molecular weight excluding hydrogens is 324 g/mol. The second-order valence-electron chi connectivity index (χ2n) is 4.49. The lowest BCUT2D eigenvalue weighted by Gasteiger charge is -2.10. The Morgan fingerprint density at radius 2 is 1.65 bits per heavy atom. The lowest BCUT2D eigenvalue weighted by molar-refractivity contribution is -0.384. The number of aryl methyl sites for hydroxylation is 2. The second kappa shape index (κ2) is 5.50. The summed E-state index contributed by atoms with van der Waals surface area (Å²) in [5.74, 6) is 0.959. The van der Waals surface area contributed by atoms with Crippen molar-refractivity contribution in [1.82, 2.24) is 0 Å². The minimum absolute atomic E-state index is 0.0921. The summed E-state index contributed by atoms with van der Waals surface area (Å²) in [6.07, 6.45) is 0. The largest absolute Gasteiger partial charge is 0.457 e. The van der Waals surface area contributed by atoms with Gasteiger partial charge >= 0.3 is 0 Å². The normalized spacial score (nSPS) is 10.3. The molecule has 0 amide bonds. The number of rotatable bonds is 3. The molecule has 2 aromatic carbocycles. The highest BCUT2D eigenvalue weighted by atomic mass is 79.9. The van der Waals surface area contributed by atoms with Crippen molar-refractivity contribution < 1.29 is 9.66 Å². The molecule has 104 valence electrons. The molecule has 0 saturated carbocycles. The van der Waals surface area contributed by atoms with Gasteiger partial charge in [0.05, 0.1) is 11.0 Å². The topological polar surface area (TPSA) is 78.4 Å². The van der Waals surface area contributed by atoms with Crippen LogP contribution in [0.2, 0.25) is 0 Å². The third-order valence-corrected chi connectivity index (χ3v) is 4.02. The quantitative estimate of drug-likeness (QED) is 0.513. The van der Waals surface area contributed by atoms with Crippen LogP contribution in [0, 0.1) is 24.0 Å². The second-order valence-corrected chi connectivity index (χ2v) is 5.28. The molecule has 0 aliphatic heterocycles. The monoisotopic (exact) mass is 336 g/mol. The van der Waals surface area contributed by atoms with Crippen molar-refractivity contribution in [3.63, 3.8) is 0 Å². The summed E-state index contributed by atoms with van der Waals surface area (Å²) in [4.78, 5) is 10.3. The first-order valence-electron chi connectivity index (χ1n) is 5.86. The predicted molar refractivity (Wildman–Crippen MR) is 81.2 cm³/mol. The van der Waals surface area contributed by atoms with Crippen molar-refractivity contribution in [1.29, 1.82) is 0 Å². The van der Waals surface area contributed by atoms with E-state index in [1.54, 1.807) is 6.07 Å². The van der Waals surface area contributed by atoms with Gasteiger partial charge in [-0.2, -0.15) is 0 Å². The number of nitrogen functional groups attached to an aromatic ring is 1. The van der Waals surface area contributed by atoms with Crippen molar-refractivity contribution in [3.05, 3.63) is 56.0 Å². The summed E-state index contributed by atoms with van der Waals surface area (Å²) in [5.41, 5.74) is 7.89. The molecule has 0 fully saturated rings. The van der Waals surface area contributed by atoms with Gasteiger partial charge in [0.1, 0.15) is 11.5 Å². The summed E-state index contributed by atoms with van der Waals surface area (Å²) in [5, 5.41) is 10.8. The molecule has 0 spiro atoms. The molecule has 20 heavy (non-hydrogen) atoms. The maximum absolute atomic E-state index is 10.8. The Morgan fingerprint density at radius 1 is 1.10 bits per heavy atom. The van der Waals surface area contributed by atoms with Crippen molar-refractivity contribution in [2.45, 2.75) is 13.8 Å². The molecule has 0 aromatic heterocycles. The van der Waals surface area contributed by atoms with E-state index >= 15 is 0 Å². The van der Waals surface area contributed by atoms with E-state index in [4.69, 9.17) is 10.5 Å². The summed E-state index contributed by atoms with van der Waals surface area (Å²) in [6, 6.07) is 7.91. The number of non-ortho nitro benzene ring substituents is 1. The minimum atomic E-state index is -0.499. The zero-order chi connectivity index (χ0) is 14.9. The summed E-state index contributed by atoms with van der Waals surface area (Å²) < 4.78 is 6.68. The van der Waals surface area contributed by atoms with E-state index in [1.807, 2.05) is 26.0 Å². The van der Waals surface area contributed by atoms with Gasteiger partial charge in [-0.25, -0.2) is 0 Å². The van der Waals surface area contributed by atoms with Crippen LogP contribution in [0.1, 0.15) is 11.1 Å². The van der Waals surface area contributed by atoms with Gasteiger partial charge in [0.15, 0.2) is 0 Å². The van der Waals surface area contributed by atoms with Gasteiger partial charge < -0.3 is 10.5 Å². The third kappa shape index (κ3) is 3.08. The van der Waals surface area contributed by atoms with Gasteiger partial charge in [0, 0.05) is 22.3 Å². The van der Waals surface area contributed by atoms with Gasteiger partial charge in [0.25, 0.3) is 5.69 Å². The maximum Gasteiger partial charge on any atom is 0.275 e. The number of hydrogen-bond acceptors (Lipinski definition) is 4. The molecule has 0 aliphatic carbocycles. The Labute approximate surface area is 124 Å². The number of benzene rings is 2. The van der Waals surface area contributed by atoms with Crippen molar-refractivity contribution in [2.24, 2.45) is 0 Å². The van der Waals surface area contributed by atoms with Crippen molar-refractivity contribution in [3.8, 4) is 11.5 Å². The maximum atomic E-state index is 10.8. The van der Waals surface area contributed by atoms with E-state index < -0.39 is 4.92 Å². The van der Waals surface area contributed by atoms with Crippen LogP contribution in [-0.2, 0) is 0 Å². The fourth-order valence-electron chi connectivity index (χ4n) is 1.87. The summed E-state index contributed by atoms with van der Waals surface area (Å²) in [6.45, 7) is 3.90. The van der Waals surface area contributed by atoms with Gasteiger partial charge in [-0.1, -0.05) is 15.9 Å². The van der Waals surface area contributed by atoms with E-state index in [0.717, 1.165) is 15.6 Å². The number of ether oxygens (including phenoxy) is 1. The molecule has 5 nitrogen and oxygen atoms in total. The van der Waals surface area contributed by atoms with Gasteiger partial charge in [0.2, 0.25) is 0 Å². The van der Waals surface area contributed by atoms with Crippen LogP contribution in [0.4, 0.5) is 11.4 Å². The number of anilines is 1. The Kier molecular flexibility index (Phi) is 3.94. The first kappa shape index (κ1) is 14.3. The highest BCUT2D eigenvalue weighted by Gasteiger charge is 2.11. The lowest BCUT2D eigenvalue weighted by atomic mass is 10.1. The van der Waals surface area contributed by atoms with Gasteiger partial charge in [-0.05, 0) is 37.1 Å². The van der Waals surface area contributed by atoms with E-state index in [0.29, 0.717) is 17.2 Å². The van der Waals surface area contributed by atoms with Crippen molar-refractivity contribution >= 4 is 27.3 Å². The molecule has 0 unspecified atom stereocenters. The molecule has 2 aromatic rings. The number of halogens is 1. The number of hydrogen-bond donors (Lipinski definition) is 1. The zero-order valence-corrected chi connectivity index (χ0v) is 12.6. The Balaban J connectivity index is 2.37. The van der Waals surface area contributed by atoms with Crippen LogP contribution in [0.5, 0.6) is 11.5 Å². The molecule has 0 radical (unpaired) electrons. The molecule has 0 heterocycles. The molecule has 0 aliphatic rings. The van der Waals surface area contributed by atoms with Gasteiger partial charge in [-0.15, -0.1) is 0 Å². The number of nitrogens with zero attached hydrogens (tertiary/aromatic N) is 1. The van der Waals surface area contributed by atoms with E-state index in [-0.39, 0.29) is 5.69 Å². The van der Waals surface area contributed by atoms with Crippen LogP contribution in [0.3, 0.4) is 0 Å². The Morgan fingerprint density at radius 3 is 2.20 bits per heavy atom. The Bertz CT molecular complexity index is 663. The smallest absolute Gasteiger partial charge is 0.275 e. The third-order valence-electron chi connectivity index (χ3n) is 2.77. The molecule has 0 bridgehead atoms. The molecule has 0 atom stereocenters. The Hall–Kier alpha value is -2.08. The average molecular weight is 337 g/mol. The highest BCUT2D eigenvalue weighted by molar-refractivity contribution is 9.10. The minimum Gasteiger partial charge on any atom is -0.457 e. The molecule has 6 heteroatoms. The first-order valence-corrected chi connectivity index (χ1v) is 6.65. The SMILES string of the molecule is Cc1cc(Oc2cc(N)cc([N+](=O)[O-])c2)cc(C)c1Br. The zero-order valence-electron chi connectivity index (χ0n) is 11.0. The molecule has 0 saturated heterocycles. The molecule has 2 rings (SSSR count). The van der Waals surface area contributed by atoms with E-state index in [1.165, 1.54) is 12.1 Å². The van der Waals surface area contributed by atoms with Crippen LogP contribution in [0.15, 0.2) is 34.8 Å². The summed E-state index contributed by atoms with van der Waals surface area (Å²) >= 11 is 3.48. The van der Waals surface area contributed by atoms with E-state index in [2.05, 4.69) is 15.9 Å². The summed E-state index contributed by atoms with van der Waals surface area (Å²) in [7, 11) is 0. The fraction of sp³-hybridized carbons (Fsp3) is 0.143. The van der Waals surface area contributed by atoms with Crippen molar-refractivity contribution in [2.75, 3.05) is 5.73 Å². The standard InChI is InChI=1S/C14H13BrN2O3/c1-8-3-12(4-9(2)14(8)15)20-13-6-10(16)5-11(7-13)17(18)19/h3-7H,16H2,1-2H3. The van der Waals surface area contributed by atoms with Crippen LogP contribution < -0.4 is 10.5 Å². The van der Waals surface area contributed by atoms with E-state index in [9.17, 15) is 10.1 Å². The predicted octanol–water partition coefficient (Wildman–Crippen LogP) is 4.35. The fourth-order valence-corrected chi connectivity index (χ4v) is 2.10. The number of nitrogens with two attached hydrogens (primary N) is 1. The molecule has 2 N–H and O–H groups in total. The number of nitro benzene ring substituents is 1. The van der Waals surface area contributed by atoms with Crippen LogP contribution in [-0.4, -0.2) is 4.92 Å². The van der Waals surface area contributed by atoms with Gasteiger partial charge in [-0.3, -0.25) is 10.1 Å². The number of nitro groups is 1. The average Bonchev–Trinajstić information content (AvgIpc) is 2.35. The lowest BCUT2D eigenvalue weighted by Crippen LogP contribution is -1.94. The van der Waals surface area contributed by atoms with Crippen LogP contribution in [0.25, 0.3) is 0 Å². The first-order chi connectivity index (χ1) is 9.36.